The average molecular weight is 795 g/mol. The van der Waals surface area contributed by atoms with Crippen molar-refractivity contribution < 1.29 is 83.0 Å². The lowest BCUT2D eigenvalue weighted by molar-refractivity contribution is -0.169. The number of carbonyl (C=O) groups excluding carboxylic acids is 6. The van der Waals surface area contributed by atoms with Gasteiger partial charge >= 0.3 is 35.8 Å². The highest BCUT2D eigenvalue weighted by Gasteiger charge is 2.56. The monoisotopic (exact) mass is 794 g/mol. The fourth-order valence-corrected chi connectivity index (χ4v) is 6.66. The molecule has 0 spiro atoms. The van der Waals surface area contributed by atoms with Crippen LogP contribution in [-0.2, 0) is 57.4 Å². The Morgan fingerprint density at radius 1 is 0.774 bits per heavy atom. The number of hydrogen-bond acceptors (Lipinski definition) is 15. The Kier molecular flexibility index (Phi) is 19.2. The predicted molar refractivity (Wildman–Crippen MR) is 182 cm³/mol. The number of carboxylic acids is 4. The maximum absolute atomic E-state index is 13.4. The van der Waals surface area contributed by atoms with Gasteiger partial charge in [-0.15, -0.1) is 11.8 Å². The van der Waals surface area contributed by atoms with Gasteiger partial charge in [0.1, 0.15) is 25.2 Å². The van der Waals surface area contributed by atoms with E-state index in [0.717, 1.165) is 0 Å². The van der Waals surface area contributed by atoms with Crippen LogP contribution in [0, 0.1) is 11.8 Å². The van der Waals surface area contributed by atoms with E-state index in [2.05, 4.69) is 21.3 Å². The third-order valence-electron chi connectivity index (χ3n) is 7.21. The van der Waals surface area contributed by atoms with Crippen molar-refractivity contribution in [2.24, 2.45) is 11.8 Å². The van der Waals surface area contributed by atoms with E-state index in [-0.39, 0.29) is 32.3 Å². The van der Waals surface area contributed by atoms with Gasteiger partial charge in [0, 0.05) is 30.1 Å². The number of hydrogen-bond donors (Lipinski definition) is 9. The Labute approximate surface area is 310 Å². The van der Waals surface area contributed by atoms with Crippen molar-refractivity contribution in [1.29, 1.82) is 0 Å². The van der Waals surface area contributed by atoms with Gasteiger partial charge in [0.15, 0.2) is 0 Å². The highest BCUT2D eigenvalue weighted by Crippen LogP contribution is 2.43. The van der Waals surface area contributed by atoms with Crippen LogP contribution in [0.4, 0.5) is 0 Å². The molecular weight excluding hydrogens is 752 g/mol. The summed E-state index contributed by atoms with van der Waals surface area (Å²) in [5.74, 6) is -15.8. The lowest BCUT2D eigenvalue weighted by Gasteiger charge is -2.29. The molecule has 9 N–H and O–H groups in total. The first-order valence-electron chi connectivity index (χ1n) is 15.8. The fraction of sp³-hybridized carbons (Fsp3) is 0.600. The lowest BCUT2D eigenvalue weighted by atomic mass is 10.1. The van der Waals surface area contributed by atoms with Gasteiger partial charge in [0.05, 0.1) is 23.3 Å². The summed E-state index contributed by atoms with van der Waals surface area (Å²) in [6, 6.07) is -3.02. The Morgan fingerprint density at radius 3 is 1.64 bits per heavy atom. The minimum absolute atomic E-state index is 0.0956. The maximum Gasteiger partial charge on any atom is 0.375 e. The van der Waals surface area contributed by atoms with Crippen molar-refractivity contribution in [3.8, 4) is 0 Å². The second-order valence-corrected chi connectivity index (χ2v) is 13.5. The van der Waals surface area contributed by atoms with E-state index in [0.29, 0.717) is 23.5 Å². The van der Waals surface area contributed by atoms with E-state index in [4.69, 9.17) is 29.9 Å². The van der Waals surface area contributed by atoms with Crippen LogP contribution in [0.1, 0.15) is 46.5 Å². The van der Waals surface area contributed by atoms with Gasteiger partial charge in [-0.3, -0.25) is 38.4 Å². The topological polar surface area (TPSA) is 338 Å². The van der Waals surface area contributed by atoms with E-state index in [1.54, 1.807) is 0 Å². The number of cyclic esters (lactones) is 1. The lowest BCUT2D eigenvalue weighted by Crippen LogP contribution is -2.51. The summed E-state index contributed by atoms with van der Waals surface area (Å²) in [6.07, 6.45) is -0.886. The highest BCUT2D eigenvalue weighted by molar-refractivity contribution is 8.03. The minimum Gasteiger partial charge on any atom is -0.501 e. The molecule has 0 fully saturated rings. The number of aliphatic carboxylic acids is 4. The quantitative estimate of drug-likeness (QED) is 0.0473. The maximum atomic E-state index is 13.4. The number of aliphatic hydroxyl groups is 1. The summed E-state index contributed by atoms with van der Waals surface area (Å²) in [6.45, 7) is 2.19. The number of nitrogens with one attached hydrogen (secondary N) is 4. The van der Waals surface area contributed by atoms with Crippen LogP contribution in [0.5, 0.6) is 0 Å². The minimum atomic E-state index is -2.42. The van der Waals surface area contributed by atoms with E-state index in [1.807, 2.05) is 0 Å². The first kappa shape index (κ1) is 46.0. The molecule has 4 amide bonds. The third-order valence-corrected chi connectivity index (χ3v) is 9.71. The van der Waals surface area contributed by atoms with Crippen LogP contribution in [0.15, 0.2) is 10.7 Å². The second kappa shape index (κ2) is 22.1. The molecular formula is C30H42N4O17S2. The van der Waals surface area contributed by atoms with Crippen molar-refractivity contribution in [3.63, 3.8) is 0 Å². The van der Waals surface area contributed by atoms with Gasteiger partial charge in [-0.05, 0) is 19.8 Å². The highest BCUT2D eigenvalue weighted by atomic mass is 32.2. The van der Waals surface area contributed by atoms with Gasteiger partial charge in [-0.1, -0.05) is 13.8 Å². The van der Waals surface area contributed by atoms with Crippen molar-refractivity contribution in [2.75, 3.05) is 37.0 Å². The molecule has 0 saturated heterocycles. The molecule has 0 saturated carbocycles. The Bertz CT molecular complexity index is 1470. The van der Waals surface area contributed by atoms with Crippen molar-refractivity contribution in [1.82, 2.24) is 21.3 Å². The molecule has 0 aromatic carbocycles. The van der Waals surface area contributed by atoms with Crippen LogP contribution in [0.25, 0.3) is 0 Å². The molecule has 296 valence electrons. The number of carboxylic acid groups (broad SMARTS) is 4. The Morgan fingerprint density at radius 2 is 1.23 bits per heavy atom. The summed E-state index contributed by atoms with van der Waals surface area (Å²) in [5.41, 5.74) is -2.42. The second-order valence-electron chi connectivity index (χ2n) is 11.5. The zero-order valence-electron chi connectivity index (χ0n) is 28.8. The largest absolute Gasteiger partial charge is 0.501 e. The number of esters is 2. The van der Waals surface area contributed by atoms with Crippen molar-refractivity contribution in [3.05, 3.63) is 10.7 Å². The first-order chi connectivity index (χ1) is 24.7. The zero-order valence-corrected chi connectivity index (χ0v) is 30.5. The molecule has 1 rings (SSSR count). The summed E-state index contributed by atoms with van der Waals surface area (Å²) >= 11 is 1.20. The standard InChI is InChI=1S/C30H42N4O17S2/c1-4-50-29(49)30(13-52-11-16(24(42)31-9-20(37)38)33-18(35)7-5-14(2)26(44)45)23(22(41)28(48)51-30)53-12-17(25(43)32-10-21(39)40)34-19(36)8-6-15(3)27(46)47/h14-17,41H,4-13H2,1-3H3,(H,31,42)(H,32,43)(H,33,35)(H,34,36)(H,37,38)(H,39,40)(H,44,45)(H,46,47). The summed E-state index contributed by atoms with van der Waals surface area (Å²) in [4.78, 5) is 121. The molecule has 5 unspecified atom stereocenters. The van der Waals surface area contributed by atoms with Crippen LogP contribution in [0.2, 0.25) is 0 Å². The molecule has 1 heterocycles. The zero-order chi connectivity index (χ0) is 40.5. The van der Waals surface area contributed by atoms with Gasteiger partial charge in [0.2, 0.25) is 29.4 Å². The van der Waals surface area contributed by atoms with Crippen molar-refractivity contribution >= 4 is 83.0 Å². The van der Waals surface area contributed by atoms with Crippen LogP contribution >= 0.6 is 23.5 Å². The van der Waals surface area contributed by atoms with E-state index >= 15 is 0 Å². The average Bonchev–Trinajstić information content (AvgIpc) is 3.33. The molecule has 0 radical (unpaired) electrons. The van der Waals surface area contributed by atoms with Gasteiger partial charge in [0.25, 0.3) is 5.60 Å². The van der Waals surface area contributed by atoms with E-state index < -0.39 is 130 Å². The smallest absolute Gasteiger partial charge is 0.375 e. The number of carbonyl (C=O) groups is 10. The normalized spacial score (nSPS) is 17.3. The number of ether oxygens (including phenoxy) is 2. The molecule has 23 heteroatoms. The van der Waals surface area contributed by atoms with E-state index in [1.165, 1.54) is 20.8 Å². The summed E-state index contributed by atoms with van der Waals surface area (Å²) < 4.78 is 10.4. The van der Waals surface area contributed by atoms with E-state index in [9.17, 15) is 53.1 Å². The molecule has 0 aromatic rings. The number of aliphatic hydroxyl groups excluding tert-OH is 1. The fourth-order valence-electron chi connectivity index (χ4n) is 4.16. The Hall–Kier alpha value is -5.06. The molecule has 0 aromatic heterocycles. The predicted octanol–water partition coefficient (Wildman–Crippen LogP) is -1.55. The molecule has 21 nitrogen and oxygen atoms in total. The van der Waals surface area contributed by atoms with Gasteiger partial charge < -0.3 is 56.3 Å². The summed E-state index contributed by atoms with van der Waals surface area (Å²) in [5, 5.41) is 55.7. The first-order valence-corrected chi connectivity index (χ1v) is 18.0. The van der Waals surface area contributed by atoms with Crippen molar-refractivity contribution in [2.45, 2.75) is 64.1 Å². The SMILES string of the molecule is CCOC(=O)C1(CSCC(NC(=O)CCC(C)C(=O)O)C(=O)NCC(=O)O)OC(=O)C(O)=C1SCC(NC(=O)CCC(C)C(=O)O)C(=O)NCC(=O)O. The molecule has 0 aliphatic carbocycles. The van der Waals surface area contributed by atoms with Crippen LogP contribution in [0.3, 0.4) is 0 Å². The van der Waals surface area contributed by atoms with Crippen LogP contribution in [-0.4, -0.2) is 140 Å². The molecule has 5 atom stereocenters. The summed E-state index contributed by atoms with van der Waals surface area (Å²) in [7, 11) is 0. The van der Waals surface area contributed by atoms with Gasteiger partial charge in [-0.2, -0.15) is 11.8 Å². The number of amides is 4. The Balaban J connectivity index is 3.34. The molecule has 1 aliphatic rings. The number of thioether (sulfide) groups is 2. The van der Waals surface area contributed by atoms with Crippen LogP contribution < -0.4 is 21.3 Å². The van der Waals surface area contributed by atoms with Gasteiger partial charge in [-0.25, -0.2) is 9.59 Å². The molecule has 0 bridgehead atoms. The molecule has 1 aliphatic heterocycles. The number of rotatable bonds is 25. The third kappa shape index (κ3) is 15.2. The molecule has 53 heavy (non-hydrogen) atoms.